The van der Waals surface area contributed by atoms with Crippen LogP contribution in [0.5, 0.6) is 0 Å². The summed E-state index contributed by atoms with van der Waals surface area (Å²) in [7, 11) is 2.00. The smallest absolute Gasteiger partial charge is 0.225 e. The third-order valence-corrected chi connectivity index (χ3v) is 2.80. The first-order valence-electron chi connectivity index (χ1n) is 5.84. The number of nitrogens with zero attached hydrogens (tertiary/aromatic N) is 3. The molecule has 0 fully saturated rings. The molecule has 1 unspecified atom stereocenters. The Labute approximate surface area is 97.9 Å². The number of hydrogen-bond donors (Lipinski definition) is 1. The molecule has 1 atom stereocenters. The predicted molar refractivity (Wildman–Crippen MR) is 67.5 cm³/mol. The van der Waals surface area contributed by atoms with Crippen LogP contribution in [0, 0.1) is 0 Å². The molecule has 1 rings (SSSR count). The van der Waals surface area contributed by atoms with E-state index in [1.54, 1.807) is 0 Å². The highest BCUT2D eigenvalue weighted by atomic mass is 15.2. The van der Waals surface area contributed by atoms with Crippen molar-refractivity contribution in [2.75, 3.05) is 11.9 Å². The third-order valence-electron chi connectivity index (χ3n) is 2.80. The van der Waals surface area contributed by atoms with Gasteiger partial charge in [-0.2, -0.15) is 0 Å². The maximum atomic E-state index is 5.89. The first kappa shape index (κ1) is 12.9. The van der Waals surface area contributed by atoms with Crippen molar-refractivity contribution < 1.29 is 0 Å². The Balaban J connectivity index is 2.68. The minimum atomic E-state index is 0.206. The molecule has 1 heterocycles. The lowest BCUT2D eigenvalue weighted by Crippen LogP contribution is -2.27. The van der Waals surface area contributed by atoms with Crippen LogP contribution in [-0.4, -0.2) is 29.1 Å². The summed E-state index contributed by atoms with van der Waals surface area (Å²) in [6, 6.07) is 0.612. The van der Waals surface area contributed by atoms with E-state index >= 15 is 0 Å². The average Bonchev–Trinajstić information content (AvgIpc) is 2.28. The second-order valence-corrected chi connectivity index (χ2v) is 4.47. The van der Waals surface area contributed by atoms with Gasteiger partial charge in [0.2, 0.25) is 5.95 Å². The Bertz CT molecular complexity index is 307. The molecule has 0 saturated carbocycles. The van der Waals surface area contributed by atoms with Crippen LogP contribution in [0.4, 0.5) is 5.95 Å². The van der Waals surface area contributed by atoms with E-state index in [2.05, 4.69) is 30.7 Å². The van der Waals surface area contributed by atoms with Gasteiger partial charge in [-0.15, -0.1) is 0 Å². The van der Waals surface area contributed by atoms with Crippen molar-refractivity contribution in [3.8, 4) is 0 Å². The van der Waals surface area contributed by atoms with E-state index in [1.807, 2.05) is 24.3 Å². The lowest BCUT2D eigenvalue weighted by molar-refractivity contribution is 0.642. The first-order chi connectivity index (χ1) is 7.54. The number of hydrogen-bond acceptors (Lipinski definition) is 4. The van der Waals surface area contributed by atoms with Gasteiger partial charge in [-0.05, 0) is 32.3 Å². The topological polar surface area (TPSA) is 55.0 Å². The van der Waals surface area contributed by atoms with Gasteiger partial charge in [0.25, 0.3) is 0 Å². The molecule has 4 nitrogen and oxygen atoms in total. The fourth-order valence-corrected chi connectivity index (χ4v) is 1.31. The van der Waals surface area contributed by atoms with Gasteiger partial charge < -0.3 is 10.6 Å². The number of rotatable bonds is 5. The normalized spacial score (nSPS) is 12.9. The largest absolute Gasteiger partial charge is 0.341 e. The van der Waals surface area contributed by atoms with Crippen molar-refractivity contribution in [3.63, 3.8) is 0 Å². The van der Waals surface area contributed by atoms with Gasteiger partial charge in [-0.3, -0.25) is 0 Å². The zero-order valence-corrected chi connectivity index (χ0v) is 10.6. The van der Waals surface area contributed by atoms with Crippen LogP contribution in [-0.2, 0) is 6.42 Å². The van der Waals surface area contributed by atoms with Gasteiger partial charge in [0, 0.05) is 31.5 Å². The van der Waals surface area contributed by atoms with Crippen LogP contribution in [0.3, 0.4) is 0 Å². The zero-order chi connectivity index (χ0) is 12.1. The lowest BCUT2D eigenvalue weighted by Gasteiger charge is -2.21. The van der Waals surface area contributed by atoms with Crippen LogP contribution in [0.1, 0.15) is 32.8 Å². The van der Waals surface area contributed by atoms with E-state index < -0.39 is 0 Å². The Morgan fingerprint density at radius 3 is 2.31 bits per heavy atom. The minimum absolute atomic E-state index is 0.206. The van der Waals surface area contributed by atoms with Crippen LogP contribution >= 0.6 is 0 Å². The highest BCUT2D eigenvalue weighted by Gasteiger charge is 2.08. The molecule has 0 saturated heterocycles. The molecule has 90 valence electrons. The van der Waals surface area contributed by atoms with E-state index in [0.717, 1.165) is 24.4 Å². The highest BCUT2D eigenvalue weighted by molar-refractivity contribution is 5.29. The lowest BCUT2D eigenvalue weighted by atomic mass is 10.1. The van der Waals surface area contributed by atoms with E-state index in [1.165, 1.54) is 0 Å². The molecule has 1 aromatic rings. The van der Waals surface area contributed by atoms with Gasteiger partial charge in [0.05, 0.1) is 0 Å². The van der Waals surface area contributed by atoms with Crippen molar-refractivity contribution in [1.29, 1.82) is 0 Å². The van der Waals surface area contributed by atoms with Crippen molar-refractivity contribution in [2.24, 2.45) is 5.73 Å². The van der Waals surface area contributed by atoms with Crippen LogP contribution in [0.25, 0.3) is 0 Å². The molecule has 2 N–H and O–H groups in total. The molecule has 4 heteroatoms. The van der Waals surface area contributed by atoms with Crippen LogP contribution < -0.4 is 10.6 Å². The van der Waals surface area contributed by atoms with Crippen LogP contribution in [0.15, 0.2) is 12.4 Å². The molecule has 0 radical (unpaired) electrons. The Kier molecular flexibility index (Phi) is 4.68. The first-order valence-corrected chi connectivity index (χ1v) is 5.84. The van der Waals surface area contributed by atoms with Crippen molar-refractivity contribution in [3.05, 3.63) is 18.0 Å². The summed E-state index contributed by atoms with van der Waals surface area (Å²) >= 11 is 0. The molecule has 0 aliphatic heterocycles. The Morgan fingerprint density at radius 2 is 1.88 bits per heavy atom. The summed E-state index contributed by atoms with van der Waals surface area (Å²) in [5.74, 6) is 0.767. The van der Waals surface area contributed by atoms with E-state index in [-0.39, 0.29) is 6.04 Å². The molecule has 16 heavy (non-hydrogen) atoms. The van der Waals surface area contributed by atoms with Crippen molar-refractivity contribution in [1.82, 2.24) is 9.97 Å². The predicted octanol–water partition coefficient (Wildman–Crippen LogP) is 1.60. The summed E-state index contributed by atoms with van der Waals surface area (Å²) in [4.78, 5) is 10.7. The zero-order valence-electron chi connectivity index (χ0n) is 10.6. The van der Waals surface area contributed by atoms with Crippen molar-refractivity contribution in [2.45, 2.75) is 45.7 Å². The van der Waals surface area contributed by atoms with E-state index in [4.69, 9.17) is 5.73 Å². The molecule has 0 aromatic carbocycles. The van der Waals surface area contributed by atoms with Gasteiger partial charge in [0.1, 0.15) is 0 Å². The highest BCUT2D eigenvalue weighted by Crippen LogP contribution is 2.09. The standard InChI is InChI=1S/C12H22N4/c1-5-11(13)6-10-7-14-12(15-8-10)16(4)9(2)3/h7-9,11H,5-6,13H2,1-4H3. The van der Waals surface area contributed by atoms with Crippen LogP contribution in [0.2, 0.25) is 0 Å². The summed E-state index contributed by atoms with van der Waals surface area (Å²) in [5.41, 5.74) is 6.99. The molecule has 0 bridgehead atoms. The Morgan fingerprint density at radius 1 is 1.31 bits per heavy atom. The van der Waals surface area contributed by atoms with Gasteiger partial charge in [0.15, 0.2) is 0 Å². The summed E-state index contributed by atoms with van der Waals surface area (Å²) in [5, 5.41) is 0. The average molecular weight is 222 g/mol. The van der Waals surface area contributed by atoms with Gasteiger partial charge in [-0.25, -0.2) is 9.97 Å². The molecule has 1 aromatic heterocycles. The SMILES string of the molecule is CCC(N)Cc1cnc(N(C)C(C)C)nc1. The monoisotopic (exact) mass is 222 g/mol. The van der Waals surface area contributed by atoms with E-state index in [9.17, 15) is 0 Å². The minimum Gasteiger partial charge on any atom is -0.341 e. The quantitative estimate of drug-likeness (QED) is 0.822. The number of anilines is 1. The molecular formula is C12H22N4. The molecule has 0 aliphatic rings. The molecular weight excluding hydrogens is 200 g/mol. The number of nitrogens with two attached hydrogens (primary N) is 1. The molecule has 0 aliphatic carbocycles. The summed E-state index contributed by atoms with van der Waals surface area (Å²) in [6.07, 6.45) is 5.57. The summed E-state index contributed by atoms with van der Waals surface area (Å²) in [6.45, 7) is 6.32. The van der Waals surface area contributed by atoms with Gasteiger partial charge >= 0.3 is 0 Å². The van der Waals surface area contributed by atoms with Gasteiger partial charge in [-0.1, -0.05) is 6.92 Å². The maximum Gasteiger partial charge on any atom is 0.225 e. The second-order valence-electron chi connectivity index (χ2n) is 4.47. The summed E-state index contributed by atoms with van der Waals surface area (Å²) < 4.78 is 0. The fraction of sp³-hybridized carbons (Fsp3) is 0.667. The van der Waals surface area contributed by atoms with Crippen molar-refractivity contribution >= 4 is 5.95 Å². The maximum absolute atomic E-state index is 5.89. The third kappa shape index (κ3) is 3.45. The number of aromatic nitrogens is 2. The fourth-order valence-electron chi connectivity index (χ4n) is 1.31. The molecule has 0 amide bonds. The molecule has 0 spiro atoms. The Hall–Kier alpha value is -1.16. The second kappa shape index (κ2) is 5.80. The van der Waals surface area contributed by atoms with E-state index in [0.29, 0.717) is 6.04 Å².